The lowest BCUT2D eigenvalue weighted by molar-refractivity contribution is 0.0940. The summed E-state index contributed by atoms with van der Waals surface area (Å²) in [6.45, 7) is 1.94. The van der Waals surface area contributed by atoms with Crippen molar-refractivity contribution < 1.29 is 9.21 Å². The maximum absolute atomic E-state index is 12.4. The van der Waals surface area contributed by atoms with Crippen LogP contribution in [0.15, 0.2) is 59.2 Å². The molecule has 3 aromatic rings. The van der Waals surface area contributed by atoms with Gasteiger partial charge in [-0.2, -0.15) is 0 Å². The zero-order chi connectivity index (χ0) is 14.8. The number of nitrogen functional groups attached to an aromatic ring is 1. The molecule has 0 aliphatic carbocycles. The molecular weight excluding hydrogens is 264 g/mol. The van der Waals surface area contributed by atoms with Gasteiger partial charge < -0.3 is 15.5 Å². The van der Waals surface area contributed by atoms with Gasteiger partial charge in [-0.3, -0.25) is 4.79 Å². The van der Waals surface area contributed by atoms with Gasteiger partial charge in [0.1, 0.15) is 11.8 Å². The molecule has 0 spiro atoms. The van der Waals surface area contributed by atoms with Crippen molar-refractivity contribution in [3.05, 3.63) is 65.9 Å². The first kappa shape index (κ1) is 13.2. The Morgan fingerprint density at radius 2 is 1.86 bits per heavy atom. The van der Waals surface area contributed by atoms with Crippen molar-refractivity contribution in [2.75, 3.05) is 5.73 Å². The minimum atomic E-state index is -0.149. The summed E-state index contributed by atoms with van der Waals surface area (Å²) in [7, 11) is 0. The van der Waals surface area contributed by atoms with E-state index in [1.54, 1.807) is 0 Å². The highest BCUT2D eigenvalue weighted by Gasteiger charge is 2.16. The van der Waals surface area contributed by atoms with Crippen LogP contribution in [0.2, 0.25) is 0 Å². The van der Waals surface area contributed by atoms with Crippen LogP contribution in [-0.4, -0.2) is 5.91 Å². The third-order valence-electron chi connectivity index (χ3n) is 3.51. The summed E-state index contributed by atoms with van der Waals surface area (Å²) in [5.41, 5.74) is 8.64. The van der Waals surface area contributed by atoms with E-state index in [2.05, 4.69) is 5.32 Å². The molecule has 0 saturated heterocycles. The Morgan fingerprint density at radius 3 is 2.62 bits per heavy atom. The van der Waals surface area contributed by atoms with Crippen molar-refractivity contribution in [2.24, 2.45) is 0 Å². The number of hydrogen-bond donors (Lipinski definition) is 2. The number of rotatable bonds is 3. The van der Waals surface area contributed by atoms with Gasteiger partial charge in [0, 0.05) is 11.1 Å². The lowest BCUT2D eigenvalue weighted by Gasteiger charge is -2.14. The number of benzene rings is 2. The van der Waals surface area contributed by atoms with E-state index in [1.165, 1.54) is 6.26 Å². The molecule has 0 fully saturated rings. The molecule has 4 heteroatoms. The summed E-state index contributed by atoms with van der Waals surface area (Å²) in [5, 5.41) is 3.79. The minimum absolute atomic E-state index is 0.105. The van der Waals surface area contributed by atoms with Crippen LogP contribution in [0.25, 0.3) is 11.0 Å². The molecule has 1 atom stereocenters. The lowest BCUT2D eigenvalue weighted by atomic mass is 10.1. The average molecular weight is 280 g/mol. The number of carbonyl (C=O) groups excluding carboxylic acids is 1. The fourth-order valence-corrected chi connectivity index (χ4v) is 2.30. The summed E-state index contributed by atoms with van der Waals surface area (Å²) in [6, 6.07) is 14.9. The van der Waals surface area contributed by atoms with E-state index in [-0.39, 0.29) is 11.9 Å². The monoisotopic (exact) mass is 280 g/mol. The third-order valence-corrected chi connectivity index (χ3v) is 3.51. The second kappa shape index (κ2) is 5.32. The number of carbonyl (C=O) groups is 1. The molecule has 2 aromatic carbocycles. The quantitative estimate of drug-likeness (QED) is 0.721. The van der Waals surface area contributed by atoms with Crippen molar-refractivity contribution in [1.82, 2.24) is 5.32 Å². The highest BCUT2D eigenvalue weighted by atomic mass is 16.3. The Bertz CT molecular complexity index is 775. The summed E-state index contributed by atoms with van der Waals surface area (Å²) >= 11 is 0. The second-order valence-corrected chi connectivity index (χ2v) is 5.01. The minimum Gasteiger partial charge on any atom is -0.463 e. The summed E-state index contributed by atoms with van der Waals surface area (Å²) < 4.78 is 5.40. The van der Waals surface area contributed by atoms with Gasteiger partial charge in [0.15, 0.2) is 0 Å². The van der Waals surface area contributed by atoms with Gasteiger partial charge >= 0.3 is 0 Å². The van der Waals surface area contributed by atoms with Gasteiger partial charge in [-0.15, -0.1) is 0 Å². The van der Waals surface area contributed by atoms with Crippen LogP contribution in [0.1, 0.15) is 28.9 Å². The number of amides is 1. The zero-order valence-electron chi connectivity index (χ0n) is 11.7. The topological polar surface area (TPSA) is 68.3 Å². The molecule has 0 aliphatic rings. The van der Waals surface area contributed by atoms with E-state index in [1.807, 2.05) is 55.5 Å². The summed E-state index contributed by atoms with van der Waals surface area (Å²) in [5.74, 6) is -0.149. The highest BCUT2D eigenvalue weighted by molar-refractivity contribution is 6.06. The molecule has 4 nitrogen and oxygen atoms in total. The predicted molar refractivity (Wildman–Crippen MR) is 82.9 cm³/mol. The van der Waals surface area contributed by atoms with E-state index >= 15 is 0 Å². The van der Waals surface area contributed by atoms with Crippen molar-refractivity contribution >= 4 is 22.6 Å². The third kappa shape index (κ3) is 2.60. The second-order valence-electron chi connectivity index (χ2n) is 5.01. The van der Waals surface area contributed by atoms with E-state index in [9.17, 15) is 4.79 Å². The molecule has 0 aliphatic heterocycles. The summed E-state index contributed by atoms with van der Waals surface area (Å²) in [4.78, 5) is 12.4. The smallest absolute Gasteiger partial charge is 0.255 e. The number of anilines is 1. The molecule has 1 heterocycles. The average Bonchev–Trinajstić information content (AvgIpc) is 2.92. The van der Waals surface area contributed by atoms with Crippen molar-refractivity contribution in [1.29, 1.82) is 0 Å². The number of nitrogens with one attached hydrogen (secondary N) is 1. The molecule has 3 N–H and O–H groups in total. The van der Waals surface area contributed by atoms with Crippen LogP contribution in [0, 0.1) is 0 Å². The van der Waals surface area contributed by atoms with Crippen LogP contribution in [0.5, 0.6) is 0 Å². The lowest BCUT2D eigenvalue weighted by Crippen LogP contribution is -2.26. The number of fused-ring (bicyclic) bond motifs is 1. The molecule has 106 valence electrons. The van der Waals surface area contributed by atoms with Crippen LogP contribution >= 0.6 is 0 Å². The van der Waals surface area contributed by atoms with E-state index in [0.29, 0.717) is 16.8 Å². The van der Waals surface area contributed by atoms with Crippen molar-refractivity contribution in [2.45, 2.75) is 13.0 Å². The Balaban J connectivity index is 1.81. The molecule has 21 heavy (non-hydrogen) atoms. The van der Waals surface area contributed by atoms with E-state index in [0.717, 1.165) is 10.9 Å². The number of furan rings is 1. The van der Waals surface area contributed by atoms with Crippen LogP contribution in [0.3, 0.4) is 0 Å². The predicted octanol–water partition coefficient (Wildman–Crippen LogP) is 3.51. The van der Waals surface area contributed by atoms with Crippen LogP contribution in [0.4, 0.5) is 5.69 Å². The fourth-order valence-electron chi connectivity index (χ4n) is 2.30. The van der Waals surface area contributed by atoms with E-state index in [4.69, 9.17) is 10.2 Å². The SMILES string of the molecule is CC(NC(=O)c1coc2ccccc12)c1ccc(N)cc1. The first-order chi connectivity index (χ1) is 10.1. The van der Waals surface area contributed by atoms with Gasteiger partial charge in [-0.05, 0) is 30.7 Å². The normalized spacial score (nSPS) is 12.2. The molecule has 0 saturated carbocycles. The van der Waals surface area contributed by atoms with Crippen LogP contribution < -0.4 is 11.1 Å². The molecule has 1 aromatic heterocycles. The van der Waals surface area contributed by atoms with Crippen LogP contribution in [-0.2, 0) is 0 Å². The van der Waals surface area contributed by atoms with Gasteiger partial charge in [0.25, 0.3) is 5.91 Å². The standard InChI is InChI=1S/C17H16N2O2/c1-11(12-6-8-13(18)9-7-12)19-17(20)15-10-21-16-5-3-2-4-14(15)16/h2-11H,18H2,1H3,(H,19,20). The summed E-state index contributed by atoms with van der Waals surface area (Å²) in [6.07, 6.45) is 1.50. The maximum atomic E-state index is 12.4. The Morgan fingerprint density at radius 1 is 1.14 bits per heavy atom. The van der Waals surface area contributed by atoms with Crippen molar-refractivity contribution in [3.63, 3.8) is 0 Å². The van der Waals surface area contributed by atoms with Gasteiger partial charge in [-0.25, -0.2) is 0 Å². The number of para-hydroxylation sites is 1. The van der Waals surface area contributed by atoms with Crippen molar-refractivity contribution in [3.8, 4) is 0 Å². The zero-order valence-corrected chi connectivity index (χ0v) is 11.7. The fraction of sp³-hybridized carbons (Fsp3) is 0.118. The largest absolute Gasteiger partial charge is 0.463 e. The number of hydrogen-bond acceptors (Lipinski definition) is 3. The Hall–Kier alpha value is -2.75. The first-order valence-electron chi connectivity index (χ1n) is 6.77. The van der Waals surface area contributed by atoms with Gasteiger partial charge in [-0.1, -0.05) is 30.3 Å². The molecule has 0 bridgehead atoms. The molecule has 1 unspecified atom stereocenters. The Labute approximate surface area is 122 Å². The molecule has 1 amide bonds. The number of nitrogens with two attached hydrogens (primary N) is 1. The maximum Gasteiger partial charge on any atom is 0.255 e. The molecule has 3 rings (SSSR count). The molecule has 0 radical (unpaired) electrons. The Kier molecular flexibility index (Phi) is 3.36. The van der Waals surface area contributed by atoms with Gasteiger partial charge in [0.05, 0.1) is 11.6 Å². The van der Waals surface area contributed by atoms with E-state index < -0.39 is 0 Å². The first-order valence-corrected chi connectivity index (χ1v) is 6.77. The van der Waals surface area contributed by atoms with Gasteiger partial charge in [0.2, 0.25) is 0 Å². The highest BCUT2D eigenvalue weighted by Crippen LogP contribution is 2.22. The molecular formula is C17H16N2O2.